The monoisotopic (exact) mass is 347 g/mol. The largest absolute Gasteiger partial charge is 0.465 e. The van der Waals surface area contributed by atoms with Crippen molar-refractivity contribution in [2.45, 2.75) is 32.1 Å². The number of alkyl carbamates (subject to hydrolysis) is 1. The van der Waals surface area contributed by atoms with Gasteiger partial charge in [0.2, 0.25) is 0 Å². The molecule has 0 saturated carbocycles. The van der Waals surface area contributed by atoms with E-state index in [4.69, 9.17) is 9.57 Å². The van der Waals surface area contributed by atoms with E-state index >= 15 is 0 Å². The molecule has 3 rings (SSSR count). The van der Waals surface area contributed by atoms with Crippen LogP contribution in [0.5, 0.6) is 0 Å². The van der Waals surface area contributed by atoms with Crippen molar-refractivity contribution in [1.29, 1.82) is 0 Å². The summed E-state index contributed by atoms with van der Waals surface area (Å²) in [7, 11) is 0. The zero-order valence-corrected chi connectivity index (χ0v) is 13.9. The molecule has 2 amide bonds. The molecule has 8 nitrogen and oxygen atoms in total. The molecule has 2 aliphatic rings. The number of hydrogen-bond acceptors (Lipinski definition) is 5. The average molecular weight is 347 g/mol. The number of benzene rings is 1. The molecule has 1 aromatic rings. The van der Waals surface area contributed by atoms with Gasteiger partial charge in [-0.1, -0.05) is 35.5 Å². The Morgan fingerprint density at radius 2 is 2.12 bits per heavy atom. The SMILES string of the molecule is CC1=NOC2CN(C(=O)O)C[C@@H](NC(=O)OCc3ccccc3)CC12. The molecular formula is C17H21N3O5. The smallest absolute Gasteiger partial charge is 0.407 e. The van der Waals surface area contributed by atoms with Crippen LogP contribution in [0.4, 0.5) is 9.59 Å². The first-order valence-electron chi connectivity index (χ1n) is 8.18. The molecule has 2 unspecified atom stereocenters. The lowest BCUT2D eigenvalue weighted by Gasteiger charge is -2.22. The van der Waals surface area contributed by atoms with Crippen LogP contribution in [0.25, 0.3) is 0 Å². The van der Waals surface area contributed by atoms with Gasteiger partial charge < -0.3 is 24.9 Å². The lowest BCUT2D eigenvalue weighted by atomic mass is 9.92. The van der Waals surface area contributed by atoms with Crippen LogP contribution in [0.15, 0.2) is 35.5 Å². The minimum atomic E-state index is -1.04. The highest BCUT2D eigenvalue weighted by Crippen LogP contribution is 2.27. The Morgan fingerprint density at radius 1 is 1.36 bits per heavy atom. The summed E-state index contributed by atoms with van der Waals surface area (Å²) in [5.74, 6) is -0.0104. The van der Waals surface area contributed by atoms with Crippen LogP contribution < -0.4 is 5.32 Å². The number of amides is 2. The van der Waals surface area contributed by atoms with Crippen LogP contribution in [-0.2, 0) is 16.2 Å². The fourth-order valence-electron chi connectivity index (χ4n) is 3.17. The van der Waals surface area contributed by atoms with E-state index in [9.17, 15) is 14.7 Å². The molecule has 2 N–H and O–H groups in total. The maximum atomic E-state index is 12.1. The molecule has 3 atom stereocenters. The minimum absolute atomic E-state index is 0.0104. The fourth-order valence-corrected chi connectivity index (χ4v) is 3.17. The van der Waals surface area contributed by atoms with Crippen LogP contribution in [0.2, 0.25) is 0 Å². The topological polar surface area (TPSA) is 100 Å². The van der Waals surface area contributed by atoms with E-state index in [2.05, 4.69) is 10.5 Å². The molecule has 0 spiro atoms. The summed E-state index contributed by atoms with van der Waals surface area (Å²) in [5, 5.41) is 16.1. The predicted molar refractivity (Wildman–Crippen MR) is 89.2 cm³/mol. The third-order valence-electron chi connectivity index (χ3n) is 4.50. The molecule has 1 saturated heterocycles. The van der Waals surface area contributed by atoms with Crippen LogP contribution in [0.3, 0.4) is 0 Å². The highest BCUT2D eigenvalue weighted by atomic mass is 16.6. The van der Waals surface area contributed by atoms with Gasteiger partial charge in [-0.05, 0) is 18.9 Å². The van der Waals surface area contributed by atoms with E-state index in [0.717, 1.165) is 11.3 Å². The summed E-state index contributed by atoms with van der Waals surface area (Å²) >= 11 is 0. The molecule has 8 heteroatoms. The van der Waals surface area contributed by atoms with Gasteiger partial charge in [0.1, 0.15) is 6.61 Å². The quantitative estimate of drug-likeness (QED) is 0.872. The number of nitrogens with zero attached hydrogens (tertiary/aromatic N) is 2. The summed E-state index contributed by atoms with van der Waals surface area (Å²) in [6.45, 7) is 2.45. The van der Waals surface area contributed by atoms with Gasteiger partial charge in [0.25, 0.3) is 0 Å². The Labute approximate surface area is 145 Å². The van der Waals surface area contributed by atoms with Crippen molar-refractivity contribution in [3.63, 3.8) is 0 Å². The number of fused-ring (bicyclic) bond motifs is 1. The molecule has 134 valence electrons. The summed E-state index contributed by atoms with van der Waals surface area (Å²) in [5.41, 5.74) is 1.71. The van der Waals surface area contributed by atoms with Gasteiger partial charge in [-0.3, -0.25) is 0 Å². The second kappa shape index (κ2) is 7.42. The molecule has 0 aliphatic carbocycles. The standard InChI is InChI=1S/C17H21N3O5/c1-11-14-7-13(8-20(17(22)23)9-15(14)25-19-11)18-16(21)24-10-12-5-3-2-4-6-12/h2-6,13-15H,7-10H2,1H3,(H,18,21)(H,22,23)/t13-,14?,15?/m0/s1. The van der Waals surface area contributed by atoms with Gasteiger partial charge in [0, 0.05) is 12.5 Å². The van der Waals surface area contributed by atoms with Gasteiger partial charge in [-0.25, -0.2) is 9.59 Å². The number of carbonyl (C=O) groups is 2. The van der Waals surface area contributed by atoms with Crippen LogP contribution in [-0.4, -0.2) is 53.1 Å². The third-order valence-corrected chi connectivity index (χ3v) is 4.50. The van der Waals surface area contributed by atoms with Gasteiger partial charge in [-0.2, -0.15) is 0 Å². The first-order chi connectivity index (χ1) is 12.0. The molecule has 0 aromatic heterocycles. The first kappa shape index (κ1) is 17.1. The van der Waals surface area contributed by atoms with Crippen LogP contribution in [0.1, 0.15) is 18.9 Å². The Bertz CT molecular complexity index is 664. The second-order valence-corrected chi connectivity index (χ2v) is 6.31. The number of nitrogens with one attached hydrogen (secondary N) is 1. The van der Waals surface area contributed by atoms with Crippen molar-refractivity contribution in [3.05, 3.63) is 35.9 Å². The van der Waals surface area contributed by atoms with E-state index in [1.54, 1.807) is 0 Å². The maximum absolute atomic E-state index is 12.1. The van der Waals surface area contributed by atoms with Gasteiger partial charge in [-0.15, -0.1) is 0 Å². The number of carbonyl (C=O) groups excluding carboxylic acids is 1. The normalized spacial score (nSPS) is 25.2. The van der Waals surface area contributed by atoms with Crippen LogP contribution >= 0.6 is 0 Å². The summed E-state index contributed by atoms with van der Waals surface area (Å²) in [6, 6.07) is 9.00. The van der Waals surface area contributed by atoms with Gasteiger partial charge in [0.05, 0.1) is 18.3 Å². The van der Waals surface area contributed by atoms with Crippen molar-refractivity contribution in [3.8, 4) is 0 Å². The lowest BCUT2D eigenvalue weighted by Crippen LogP contribution is -2.45. The van der Waals surface area contributed by atoms with E-state index in [1.165, 1.54) is 4.90 Å². The Morgan fingerprint density at radius 3 is 2.84 bits per heavy atom. The molecule has 1 aromatic carbocycles. The first-order valence-corrected chi connectivity index (χ1v) is 8.18. The fraction of sp³-hybridized carbons (Fsp3) is 0.471. The zero-order chi connectivity index (χ0) is 17.8. The molecule has 2 heterocycles. The van der Waals surface area contributed by atoms with E-state index in [0.29, 0.717) is 6.42 Å². The highest BCUT2D eigenvalue weighted by molar-refractivity contribution is 5.85. The minimum Gasteiger partial charge on any atom is -0.465 e. The second-order valence-electron chi connectivity index (χ2n) is 6.31. The molecule has 25 heavy (non-hydrogen) atoms. The number of rotatable bonds is 3. The number of hydrogen-bond donors (Lipinski definition) is 2. The molecule has 0 radical (unpaired) electrons. The molecule has 1 fully saturated rings. The Hall–Kier alpha value is -2.77. The number of likely N-dealkylation sites (tertiary alicyclic amines) is 1. The third kappa shape index (κ3) is 4.20. The van der Waals surface area contributed by atoms with Gasteiger partial charge >= 0.3 is 12.2 Å². The number of oxime groups is 1. The van der Waals surface area contributed by atoms with Gasteiger partial charge in [0.15, 0.2) is 6.10 Å². The summed E-state index contributed by atoms with van der Waals surface area (Å²) in [4.78, 5) is 30.1. The van der Waals surface area contributed by atoms with Crippen molar-refractivity contribution in [2.75, 3.05) is 13.1 Å². The van der Waals surface area contributed by atoms with Crippen molar-refractivity contribution >= 4 is 17.9 Å². The molecule has 0 bridgehead atoms. The van der Waals surface area contributed by atoms with E-state index < -0.39 is 12.2 Å². The summed E-state index contributed by atoms with van der Waals surface area (Å²) < 4.78 is 5.23. The highest BCUT2D eigenvalue weighted by Gasteiger charge is 2.40. The van der Waals surface area contributed by atoms with E-state index in [-0.39, 0.29) is 37.8 Å². The van der Waals surface area contributed by atoms with Crippen molar-refractivity contribution in [2.24, 2.45) is 11.1 Å². The van der Waals surface area contributed by atoms with Crippen LogP contribution in [0, 0.1) is 5.92 Å². The van der Waals surface area contributed by atoms with Crippen molar-refractivity contribution < 1.29 is 24.3 Å². The maximum Gasteiger partial charge on any atom is 0.407 e. The average Bonchev–Trinajstić information content (AvgIpc) is 2.82. The summed E-state index contributed by atoms with van der Waals surface area (Å²) in [6.07, 6.45) is -1.35. The van der Waals surface area contributed by atoms with E-state index in [1.807, 2.05) is 37.3 Å². The zero-order valence-electron chi connectivity index (χ0n) is 13.9. The molecule has 2 aliphatic heterocycles. The predicted octanol–water partition coefficient (Wildman–Crippen LogP) is 2.06. The Kier molecular flexibility index (Phi) is 5.06. The number of ether oxygens (including phenoxy) is 1. The van der Waals surface area contributed by atoms with Crippen molar-refractivity contribution in [1.82, 2.24) is 10.2 Å². The molecular weight excluding hydrogens is 326 g/mol. The Balaban J connectivity index is 1.60. The number of carboxylic acid groups (broad SMARTS) is 1. The lowest BCUT2D eigenvalue weighted by molar-refractivity contribution is 0.0412.